The van der Waals surface area contributed by atoms with Crippen molar-refractivity contribution in [2.24, 2.45) is 17.0 Å². The van der Waals surface area contributed by atoms with Gasteiger partial charge in [0.05, 0.1) is 0 Å². The number of carbonyl (C=O) groups excluding carboxylic acids is 1. The van der Waals surface area contributed by atoms with Crippen LogP contribution in [-0.4, -0.2) is 36.0 Å². The van der Waals surface area contributed by atoms with Gasteiger partial charge in [0.2, 0.25) is 0 Å². The number of rotatable bonds is 10. The Morgan fingerprint density at radius 1 is 1.22 bits per heavy atom. The van der Waals surface area contributed by atoms with Crippen LogP contribution in [-0.2, 0) is 17.6 Å². The van der Waals surface area contributed by atoms with Crippen LogP contribution in [0.4, 0.5) is 5.69 Å². The SMILES string of the molecule is C=CC(N=O)C1CCC1CN1CC(c2ccc(Cl)cc2CCC)CCc2ccc(C(=O)C(=O)O)cc21. The number of nitroso groups, excluding NO2 is 1. The number of carboxylic acids is 1. The van der Waals surface area contributed by atoms with Gasteiger partial charge in [-0.3, -0.25) is 4.79 Å². The molecule has 7 heteroatoms. The van der Waals surface area contributed by atoms with E-state index in [-0.39, 0.29) is 23.3 Å². The highest BCUT2D eigenvalue weighted by Gasteiger charge is 2.39. The Kier molecular flexibility index (Phi) is 8.24. The van der Waals surface area contributed by atoms with E-state index >= 15 is 0 Å². The Labute approximate surface area is 217 Å². The highest BCUT2D eigenvalue weighted by atomic mass is 35.5. The van der Waals surface area contributed by atoms with Gasteiger partial charge in [-0.2, -0.15) is 4.91 Å². The fourth-order valence-electron chi connectivity index (χ4n) is 5.86. The van der Waals surface area contributed by atoms with Gasteiger partial charge >= 0.3 is 5.97 Å². The zero-order valence-corrected chi connectivity index (χ0v) is 21.4. The van der Waals surface area contributed by atoms with Gasteiger partial charge in [-0.1, -0.05) is 54.4 Å². The molecular formula is C29H33ClN2O4. The van der Waals surface area contributed by atoms with Gasteiger partial charge in [0.1, 0.15) is 6.04 Å². The third-order valence-electron chi connectivity index (χ3n) is 7.88. The van der Waals surface area contributed by atoms with E-state index in [4.69, 9.17) is 11.6 Å². The van der Waals surface area contributed by atoms with Gasteiger partial charge in [-0.25, -0.2) is 4.79 Å². The van der Waals surface area contributed by atoms with E-state index in [1.165, 1.54) is 11.1 Å². The molecule has 0 aromatic heterocycles. The molecule has 0 amide bonds. The summed E-state index contributed by atoms with van der Waals surface area (Å²) in [5.41, 5.74) is 4.77. The maximum Gasteiger partial charge on any atom is 0.377 e. The fraction of sp³-hybridized carbons (Fsp3) is 0.448. The third-order valence-corrected chi connectivity index (χ3v) is 8.12. The molecule has 4 atom stereocenters. The molecule has 1 heterocycles. The summed E-state index contributed by atoms with van der Waals surface area (Å²) in [5, 5.41) is 13.3. The second kappa shape index (κ2) is 11.4. The molecule has 2 aliphatic rings. The van der Waals surface area contributed by atoms with Crippen LogP contribution in [0.25, 0.3) is 0 Å². The highest BCUT2D eigenvalue weighted by molar-refractivity contribution is 6.40. The van der Waals surface area contributed by atoms with Gasteiger partial charge in [-0.15, -0.1) is 6.58 Å². The van der Waals surface area contributed by atoms with Gasteiger partial charge in [0.15, 0.2) is 0 Å². The predicted octanol–water partition coefficient (Wildman–Crippen LogP) is 6.44. The van der Waals surface area contributed by atoms with E-state index in [0.29, 0.717) is 0 Å². The normalized spacial score (nSPS) is 22.1. The van der Waals surface area contributed by atoms with Gasteiger partial charge in [-0.05, 0) is 78.8 Å². The largest absolute Gasteiger partial charge is 0.475 e. The number of anilines is 1. The number of nitrogens with zero attached hydrogens (tertiary/aromatic N) is 2. The number of hydrogen-bond acceptors (Lipinski definition) is 5. The minimum absolute atomic E-state index is 0.153. The number of benzene rings is 2. The van der Waals surface area contributed by atoms with Crippen LogP contribution in [0.3, 0.4) is 0 Å². The number of carbonyl (C=O) groups is 2. The molecule has 1 saturated carbocycles. The summed E-state index contributed by atoms with van der Waals surface area (Å²) in [6, 6.07) is 11.0. The van der Waals surface area contributed by atoms with E-state index in [1.54, 1.807) is 18.2 Å². The minimum Gasteiger partial charge on any atom is -0.475 e. The lowest BCUT2D eigenvalue weighted by Crippen LogP contribution is -2.43. The summed E-state index contributed by atoms with van der Waals surface area (Å²) in [4.78, 5) is 37.3. The lowest BCUT2D eigenvalue weighted by atomic mass is 9.69. The van der Waals surface area contributed by atoms with Crippen molar-refractivity contribution in [1.82, 2.24) is 0 Å². The first-order chi connectivity index (χ1) is 17.4. The number of halogens is 1. The molecule has 1 fully saturated rings. The molecule has 2 aromatic carbocycles. The van der Waals surface area contributed by atoms with Crippen LogP contribution in [0, 0.1) is 16.7 Å². The Balaban J connectivity index is 1.71. The summed E-state index contributed by atoms with van der Waals surface area (Å²) >= 11 is 6.33. The van der Waals surface area contributed by atoms with Crippen molar-refractivity contribution < 1.29 is 14.7 Å². The Hall–Kier alpha value is -2.99. The molecule has 0 saturated heterocycles. The Morgan fingerprint density at radius 3 is 2.67 bits per heavy atom. The average molecular weight is 509 g/mol. The molecule has 0 radical (unpaired) electrons. The predicted molar refractivity (Wildman–Crippen MR) is 143 cm³/mol. The summed E-state index contributed by atoms with van der Waals surface area (Å²) < 4.78 is 0. The molecule has 1 aliphatic carbocycles. The Bertz CT molecular complexity index is 1160. The highest BCUT2D eigenvalue weighted by Crippen LogP contribution is 2.42. The second-order valence-corrected chi connectivity index (χ2v) is 10.5. The molecular weight excluding hydrogens is 476 g/mol. The summed E-state index contributed by atoms with van der Waals surface area (Å²) in [5.74, 6) is -1.67. The van der Waals surface area contributed by atoms with Crippen LogP contribution < -0.4 is 4.90 Å². The molecule has 1 N–H and O–H groups in total. The number of ketones is 1. The molecule has 4 unspecified atom stereocenters. The first-order valence-electron chi connectivity index (χ1n) is 12.7. The minimum atomic E-state index is -1.46. The first kappa shape index (κ1) is 26.1. The summed E-state index contributed by atoms with van der Waals surface area (Å²) in [7, 11) is 0. The topological polar surface area (TPSA) is 87.0 Å². The van der Waals surface area contributed by atoms with Gasteiger partial charge < -0.3 is 10.0 Å². The van der Waals surface area contributed by atoms with Gasteiger partial charge in [0, 0.05) is 35.3 Å². The standard InChI is InChI=1S/C29H33ClN2O4/c1-3-5-19-14-23(30)11-13-24(19)21-9-7-18-6-8-20(28(33)29(34)35)15-27(18)32(16-21)17-22-10-12-25(22)26(4-2)31-36/h4,6,8,11,13-15,21-22,25-26H,2-3,5,7,9-10,12,16-17H2,1H3,(H,34,35). The zero-order valence-electron chi connectivity index (χ0n) is 20.7. The van der Waals surface area contributed by atoms with Crippen LogP contribution in [0.2, 0.25) is 5.02 Å². The maximum atomic E-state index is 12.3. The number of aliphatic carboxylic acids is 1. The summed E-state index contributed by atoms with van der Waals surface area (Å²) in [6.07, 6.45) is 7.31. The monoisotopic (exact) mass is 508 g/mol. The number of fused-ring (bicyclic) bond motifs is 1. The molecule has 4 rings (SSSR count). The molecule has 190 valence electrons. The van der Waals surface area contributed by atoms with Crippen LogP contribution in [0.15, 0.2) is 54.2 Å². The molecule has 36 heavy (non-hydrogen) atoms. The quantitative estimate of drug-likeness (QED) is 0.172. The van der Waals surface area contributed by atoms with E-state index < -0.39 is 17.8 Å². The number of hydrogen-bond donors (Lipinski definition) is 1. The van der Waals surface area contributed by atoms with Crippen molar-refractivity contribution in [3.8, 4) is 0 Å². The molecule has 2 aromatic rings. The number of carboxylic acid groups (broad SMARTS) is 1. The van der Waals surface area contributed by atoms with Crippen molar-refractivity contribution in [2.75, 3.05) is 18.0 Å². The van der Waals surface area contributed by atoms with Crippen molar-refractivity contribution >= 4 is 29.0 Å². The zero-order chi connectivity index (χ0) is 25.8. The third kappa shape index (κ3) is 5.39. The van der Waals surface area contributed by atoms with E-state index in [1.807, 2.05) is 12.1 Å². The van der Waals surface area contributed by atoms with E-state index in [9.17, 15) is 19.6 Å². The van der Waals surface area contributed by atoms with Gasteiger partial charge in [0.25, 0.3) is 5.78 Å². The van der Waals surface area contributed by atoms with Crippen LogP contribution in [0.5, 0.6) is 0 Å². The van der Waals surface area contributed by atoms with E-state index in [0.717, 1.165) is 67.9 Å². The average Bonchev–Trinajstić information content (AvgIpc) is 3.03. The lowest BCUT2D eigenvalue weighted by Gasteiger charge is -2.42. The van der Waals surface area contributed by atoms with Crippen LogP contribution >= 0.6 is 11.6 Å². The van der Waals surface area contributed by atoms with Crippen molar-refractivity contribution in [3.05, 3.63) is 81.2 Å². The molecule has 0 bridgehead atoms. The molecule has 0 spiro atoms. The van der Waals surface area contributed by atoms with Crippen molar-refractivity contribution in [2.45, 2.75) is 57.4 Å². The lowest BCUT2D eigenvalue weighted by molar-refractivity contribution is -0.131. The van der Waals surface area contributed by atoms with Crippen molar-refractivity contribution in [1.29, 1.82) is 0 Å². The number of aryl methyl sites for hydroxylation is 2. The number of Topliss-reactive ketones (excluding diaryl/α,β-unsaturated/α-hetero) is 1. The molecule has 1 aliphatic heterocycles. The van der Waals surface area contributed by atoms with E-state index in [2.05, 4.69) is 35.7 Å². The second-order valence-electron chi connectivity index (χ2n) is 10.0. The Morgan fingerprint density at radius 2 is 2.03 bits per heavy atom. The first-order valence-corrected chi connectivity index (χ1v) is 13.1. The van der Waals surface area contributed by atoms with Crippen LogP contribution in [0.1, 0.15) is 65.6 Å². The molecule has 6 nitrogen and oxygen atoms in total. The smallest absolute Gasteiger partial charge is 0.377 e. The van der Waals surface area contributed by atoms with Crippen molar-refractivity contribution in [3.63, 3.8) is 0 Å². The summed E-state index contributed by atoms with van der Waals surface area (Å²) in [6.45, 7) is 7.41. The fourth-order valence-corrected chi connectivity index (χ4v) is 6.05. The maximum absolute atomic E-state index is 12.3.